The molecule has 0 amide bonds. The maximum absolute atomic E-state index is 13.7. The highest BCUT2D eigenvalue weighted by Gasteiger charge is 2.12. The lowest BCUT2D eigenvalue weighted by Gasteiger charge is -2.22. The predicted octanol–water partition coefficient (Wildman–Crippen LogP) is 3.62. The maximum atomic E-state index is 13.7. The number of halogens is 2. The molecule has 4 heteroatoms. The van der Waals surface area contributed by atoms with Crippen LogP contribution in [0.25, 0.3) is 0 Å². The fourth-order valence-corrected chi connectivity index (χ4v) is 1.86. The molecule has 0 fully saturated rings. The lowest BCUT2D eigenvalue weighted by atomic mass is 10.1. The van der Waals surface area contributed by atoms with Crippen molar-refractivity contribution in [1.29, 1.82) is 0 Å². The summed E-state index contributed by atoms with van der Waals surface area (Å²) in [6.07, 6.45) is 0. The quantitative estimate of drug-likeness (QED) is 0.822. The number of hydrogen-bond donors (Lipinski definition) is 1. The third-order valence-electron chi connectivity index (χ3n) is 2.82. The Bertz CT molecular complexity index is 531. The van der Waals surface area contributed by atoms with Gasteiger partial charge >= 0.3 is 0 Å². The number of nitrogen functional groups attached to an aromatic ring is 1. The summed E-state index contributed by atoms with van der Waals surface area (Å²) >= 11 is 0. The zero-order valence-corrected chi connectivity index (χ0v) is 10.2. The van der Waals surface area contributed by atoms with Crippen LogP contribution in [-0.2, 0) is 0 Å². The van der Waals surface area contributed by atoms with E-state index in [-0.39, 0.29) is 5.69 Å². The zero-order valence-electron chi connectivity index (χ0n) is 10.2. The molecule has 0 aliphatic carbocycles. The normalized spacial score (nSPS) is 10.4. The van der Waals surface area contributed by atoms with Gasteiger partial charge in [0.1, 0.15) is 11.6 Å². The SMILES string of the molecule is Cc1ccc(N(C)c2ccc(F)cc2F)c(N)c1. The van der Waals surface area contributed by atoms with Crippen molar-refractivity contribution in [3.05, 3.63) is 53.6 Å². The summed E-state index contributed by atoms with van der Waals surface area (Å²) in [5, 5.41) is 0. The van der Waals surface area contributed by atoms with Crippen molar-refractivity contribution in [2.45, 2.75) is 6.92 Å². The second kappa shape index (κ2) is 4.64. The van der Waals surface area contributed by atoms with Crippen LogP contribution in [0, 0.1) is 18.6 Å². The average Bonchev–Trinajstić information content (AvgIpc) is 2.28. The summed E-state index contributed by atoms with van der Waals surface area (Å²) in [4.78, 5) is 1.60. The first kappa shape index (κ1) is 12.4. The van der Waals surface area contributed by atoms with E-state index in [1.807, 2.05) is 25.1 Å². The number of hydrogen-bond acceptors (Lipinski definition) is 2. The highest BCUT2D eigenvalue weighted by atomic mass is 19.1. The third kappa shape index (κ3) is 2.27. The van der Waals surface area contributed by atoms with Gasteiger partial charge in [0.2, 0.25) is 0 Å². The number of rotatable bonds is 2. The summed E-state index contributed by atoms with van der Waals surface area (Å²) < 4.78 is 26.5. The lowest BCUT2D eigenvalue weighted by molar-refractivity contribution is 0.583. The molecule has 0 heterocycles. The first-order valence-electron chi connectivity index (χ1n) is 5.54. The highest BCUT2D eigenvalue weighted by molar-refractivity contribution is 5.75. The van der Waals surface area contributed by atoms with E-state index in [9.17, 15) is 8.78 Å². The van der Waals surface area contributed by atoms with Gasteiger partial charge in [-0.2, -0.15) is 0 Å². The standard InChI is InChI=1S/C14H14F2N2/c1-9-3-5-14(12(17)7-9)18(2)13-6-4-10(15)8-11(13)16/h3-8H,17H2,1-2H3. The van der Waals surface area contributed by atoms with Crippen molar-refractivity contribution in [3.8, 4) is 0 Å². The Labute approximate surface area is 105 Å². The molecule has 0 atom stereocenters. The van der Waals surface area contributed by atoms with Crippen LogP contribution in [0.3, 0.4) is 0 Å². The molecule has 0 saturated carbocycles. The van der Waals surface area contributed by atoms with Gasteiger partial charge in [0.05, 0.1) is 17.1 Å². The number of anilines is 3. The Balaban J connectivity index is 2.44. The minimum atomic E-state index is -0.613. The molecule has 2 aromatic carbocycles. The number of benzene rings is 2. The first-order valence-corrected chi connectivity index (χ1v) is 5.54. The minimum absolute atomic E-state index is 0.284. The monoisotopic (exact) mass is 248 g/mol. The van der Waals surface area contributed by atoms with Gasteiger partial charge in [0.15, 0.2) is 0 Å². The van der Waals surface area contributed by atoms with E-state index in [1.165, 1.54) is 12.1 Å². The van der Waals surface area contributed by atoms with Crippen LogP contribution in [0.4, 0.5) is 25.8 Å². The highest BCUT2D eigenvalue weighted by Crippen LogP contribution is 2.31. The van der Waals surface area contributed by atoms with Crippen LogP contribution >= 0.6 is 0 Å². The summed E-state index contributed by atoms with van der Waals surface area (Å²) in [5.74, 6) is -1.21. The van der Waals surface area contributed by atoms with E-state index in [2.05, 4.69) is 0 Å². The second-order valence-electron chi connectivity index (χ2n) is 4.22. The molecule has 0 aromatic heterocycles. The predicted molar refractivity (Wildman–Crippen MR) is 70.0 cm³/mol. The zero-order chi connectivity index (χ0) is 13.3. The number of nitrogens with zero attached hydrogens (tertiary/aromatic N) is 1. The fraction of sp³-hybridized carbons (Fsp3) is 0.143. The van der Waals surface area contributed by atoms with Gasteiger partial charge in [-0.25, -0.2) is 8.78 Å². The molecular formula is C14H14F2N2. The van der Waals surface area contributed by atoms with Crippen LogP contribution in [0.15, 0.2) is 36.4 Å². The van der Waals surface area contributed by atoms with Crippen molar-refractivity contribution in [2.75, 3.05) is 17.7 Å². The topological polar surface area (TPSA) is 29.3 Å². The Morgan fingerprint density at radius 1 is 1.00 bits per heavy atom. The summed E-state index contributed by atoms with van der Waals surface area (Å²) in [6.45, 7) is 1.93. The molecule has 0 aliphatic heterocycles. The van der Waals surface area contributed by atoms with Crippen LogP contribution in [0.5, 0.6) is 0 Å². The smallest absolute Gasteiger partial charge is 0.149 e. The van der Waals surface area contributed by atoms with Gasteiger partial charge in [-0.05, 0) is 36.8 Å². The minimum Gasteiger partial charge on any atom is -0.397 e. The molecule has 2 N–H and O–H groups in total. The fourth-order valence-electron chi connectivity index (χ4n) is 1.86. The van der Waals surface area contributed by atoms with E-state index in [1.54, 1.807) is 11.9 Å². The Hall–Kier alpha value is -2.10. The van der Waals surface area contributed by atoms with Crippen molar-refractivity contribution in [3.63, 3.8) is 0 Å². The summed E-state index contributed by atoms with van der Waals surface area (Å²) in [5.41, 5.74) is 8.46. The van der Waals surface area contributed by atoms with E-state index in [0.29, 0.717) is 11.4 Å². The van der Waals surface area contributed by atoms with Crippen LogP contribution in [-0.4, -0.2) is 7.05 Å². The van der Waals surface area contributed by atoms with Crippen LogP contribution in [0.1, 0.15) is 5.56 Å². The molecule has 18 heavy (non-hydrogen) atoms. The van der Waals surface area contributed by atoms with E-state index in [4.69, 9.17) is 5.73 Å². The van der Waals surface area contributed by atoms with Gasteiger partial charge in [0, 0.05) is 13.1 Å². The molecule has 2 rings (SSSR count). The summed E-state index contributed by atoms with van der Waals surface area (Å²) in [6, 6.07) is 8.99. The van der Waals surface area contributed by atoms with Crippen LogP contribution in [0.2, 0.25) is 0 Å². The molecule has 0 unspecified atom stereocenters. The molecule has 0 spiro atoms. The van der Waals surface area contributed by atoms with Crippen molar-refractivity contribution < 1.29 is 8.78 Å². The van der Waals surface area contributed by atoms with Gasteiger partial charge in [0.25, 0.3) is 0 Å². The Kier molecular flexibility index (Phi) is 3.19. The van der Waals surface area contributed by atoms with Crippen molar-refractivity contribution in [2.24, 2.45) is 0 Å². The molecule has 2 nitrogen and oxygen atoms in total. The third-order valence-corrected chi connectivity index (χ3v) is 2.82. The summed E-state index contributed by atoms with van der Waals surface area (Å²) in [7, 11) is 1.69. The number of nitrogens with two attached hydrogens (primary N) is 1. The Morgan fingerprint density at radius 3 is 2.28 bits per heavy atom. The maximum Gasteiger partial charge on any atom is 0.149 e. The largest absolute Gasteiger partial charge is 0.397 e. The lowest BCUT2D eigenvalue weighted by Crippen LogP contribution is -2.13. The number of aryl methyl sites for hydroxylation is 1. The molecule has 0 saturated heterocycles. The molecule has 0 radical (unpaired) electrons. The first-order chi connectivity index (χ1) is 8.49. The average molecular weight is 248 g/mol. The van der Waals surface area contributed by atoms with Crippen molar-refractivity contribution >= 4 is 17.1 Å². The molecule has 0 bridgehead atoms. The van der Waals surface area contributed by atoms with E-state index < -0.39 is 11.6 Å². The second-order valence-corrected chi connectivity index (χ2v) is 4.22. The Morgan fingerprint density at radius 2 is 1.67 bits per heavy atom. The molecule has 0 aliphatic rings. The van der Waals surface area contributed by atoms with Crippen LogP contribution < -0.4 is 10.6 Å². The van der Waals surface area contributed by atoms with Gasteiger partial charge < -0.3 is 10.6 Å². The van der Waals surface area contributed by atoms with Gasteiger partial charge in [-0.15, -0.1) is 0 Å². The van der Waals surface area contributed by atoms with E-state index in [0.717, 1.165) is 11.6 Å². The van der Waals surface area contributed by atoms with Gasteiger partial charge in [-0.1, -0.05) is 6.07 Å². The van der Waals surface area contributed by atoms with E-state index >= 15 is 0 Å². The molecule has 94 valence electrons. The molecular weight excluding hydrogens is 234 g/mol. The molecule has 2 aromatic rings. The van der Waals surface area contributed by atoms with Crippen molar-refractivity contribution in [1.82, 2.24) is 0 Å². The van der Waals surface area contributed by atoms with Gasteiger partial charge in [-0.3, -0.25) is 0 Å².